The van der Waals surface area contributed by atoms with Crippen LogP contribution in [0.5, 0.6) is 0 Å². The number of carboxylic acid groups (broad SMARTS) is 1. The molecule has 0 aliphatic carbocycles. The molecular weight excluding hydrogens is 644 g/mol. The van der Waals surface area contributed by atoms with Crippen LogP contribution in [0.3, 0.4) is 0 Å². The van der Waals surface area contributed by atoms with Crippen molar-refractivity contribution in [2.45, 2.75) is 81.2 Å². The molecule has 17 heteroatoms. The van der Waals surface area contributed by atoms with Gasteiger partial charge in [-0.2, -0.15) is 0 Å². The molecule has 1 aromatic rings. The molecule has 1 aliphatic rings. The van der Waals surface area contributed by atoms with Crippen molar-refractivity contribution in [3.05, 3.63) is 34.9 Å². The highest BCUT2D eigenvalue weighted by Crippen LogP contribution is 2.34. The third-order valence-electron chi connectivity index (χ3n) is 7.35. The van der Waals surface area contributed by atoms with Gasteiger partial charge >= 0.3 is 5.97 Å². The Kier molecular flexibility index (Phi) is 18.1. The molecule has 3 amide bonds. The van der Waals surface area contributed by atoms with E-state index in [-0.39, 0.29) is 32.0 Å². The number of hydrogen-bond acceptors (Lipinski definition) is 12. The van der Waals surface area contributed by atoms with E-state index in [1.807, 2.05) is 0 Å². The summed E-state index contributed by atoms with van der Waals surface area (Å²) in [6.45, 7) is -0.0434. The van der Waals surface area contributed by atoms with Crippen molar-refractivity contribution in [1.29, 1.82) is 0 Å². The number of benzene rings is 1. The first kappa shape index (κ1) is 40.2. The molecule has 47 heavy (non-hydrogen) atoms. The highest BCUT2D eigenvalue weighted by atomic mass is 35.5. The fourth-order valence-corrected chi connectivity index (χ4v) is 4.97. The number of carbonyl (C=O) groups is 4. The van der Waals surface area contributed by atoms with E-state index in [9.17, 15) is 44.7 Å². The summed E-state index contributed by atoms with van der Waals surface area (Å²) in [5.74, 6) is -5.63. The van der Waals surface area contributed by atoms with Gasteiger partial charge in [0.2, 0.25) is 17.7 Å². The topological polar surface area (TPSA) is 259 Å². The Morgan fingerprint density at radius 3 is 2.36 bits per heavy atom. The zero-order chi connectivity index (χ0) is 34.8. The van der Waals surface area contributed by atoms with Gasteiger partial charge in [0.1, 0.15) is 18.8 Å². The second kappa shape index (κ2) is 21.1. The van der Waals surface area contributed by atoms with Gasteiger partial charge < -0.3 is 61.4 Å². The Bertz CT molecular complexity index is 1130. The minimum atomic E-state index is -2.44. The highest BCUT2D eigenvalue weighted by Gasteiger charge is 2.55. The monoisotopic (exact) mass is 690 g/mol. The molecule has 0 spiro atoms. The van der Waals surface area contributed by atoms with Crippen LogP contribution in [0.2, 0.25) is 5.02 Å². The van der Waals surface area contributed by atoms with Gasteiger partial charge in [-0.1, -0.05) is 36.6 Å². The Labute approximate surface area is 277 Å². The van der Waals surface area contributed by atoms with E-state index in [4.69, 9.17) is 31.5 Å². The summed E-state index contributed by atoms with van der Waals surface area (Å²) in [7, 11) is 0. The van der Waals surface area contributed by atoms with Gasteiger partial charge in [-0.05, 0) is 30.5 Å². The molecule has 266 valence electrons. The average Bonchev–Trinajstić information content (AvgIpc) is 3.04. The maximum atomic E-state index is 12.4. The predicted octanol–water partition coefficient (Wildman–Crippen LogP) is -1.81. The van der Waals surface area contributed by atoms with E-state index in [1.165, 1.54) is 0 Å². The lowest BCUT2D eigenvalue weighted by atomic mass is 9.88. The van der Waals surface area contributed by atoms with Gasteiger partial charge in [-0.3, -0.25) is 14.4 Å². The molecule has 0 bridgehead atoms. The highest BCUT2D eigenvalue weighted by molar-refractivity contribution is 6.30. The number of aliphatic carboxylic acids is 1. The first-order chi connectivity index (χ1) is 22.4. The summed E-state index contributed by atoms with van der Waals surface area (Å²) in [4.78, 5) is 48.5. The summed E-state index contributed by atoms with van der Waals surface area (Å²) in [5, 5.41) is 59.9. The Hall–Kier alpha value is -2.93. The molecule has 0 radical (unpaired) electrons. The number of halogens is 1. The molecule has 10 N–H and O–H groups in total. The largest absolute Gasteiger partial charge is 0.477 e. The van der Waals surface area contributed by atoms with Crippen LogP contribution in [0.25, 0.3) is 0 Å². The van der Waals surface area contributed by atoms with Crippen LogP contribution in [0.15, 0.2) is 24.3 Å². The average molecular weight is 691 g/mol. The van der Waals surface area contributed by atoms with Crippen LogP contribution in [0, 0.1) is 0 Å². The third-order valence-corrected chi connectivity index (χ3v) is 7.60. The number of nitrogens with two attached hydrogens (primary N) is 1. The predicted molar refractivity (Wildman–Crippen MR) is 167 cm³/mol. The fourth-order valence-electron chi connectivity index (χ4n) is 4.84. The summed E-state index contributed by atoms with van der Waals surface area (Å²) in [5.41, 5.74) is 5.96. The number of hydrogen-bond donors (Lipinski definition) is 9. The number of ether oxygens (including phenoxy) is 3. The van der Waals surface area contributed by atoms with Crippen molar-refractivity contribution >= 4 is 35.3 Å². The standard InChI is InChI=1S/C30H47ClN4O12/c31-20-7-5-19(6-8-20)15-24(40)34-17-22(38)27(42)28-26(35-25(41)18-36)21(37)16-30(47-28,29(43)44)46-12-4-2-1-3-11-33-23(39)9-13-45-14-10-32/h5-8,21-22,26-28,36-38,42H,1-4,9-18,32H2,(H,33,39)(H,34,40)(H,35,41)(H,43,44)/t21-,22+,26+,27+,28+,30+/m0/s1. The molecule has 1 fully saturated rings. The lowest BCUT2D eigenvalue weighted by Crippen LogP contribution is -2.68. The lowest BCUT2D eigenvalue weighted by Gasteiger charge is -2.46. The van der Waals surface area contributed by atoms with Crippen LogP contribution in [-0.4, -0.2) is 132 Å². The minimum Gasteiger partial charge on any atom is -0.477 e. The molecule has 1 saturated heterocycles. The molecule has 0 aromatic heterocycles. The molecule has 1 aliphatic heterocycles. The van der Waals surface area contributed by atoms with Crippen molar-refractivity contribution in [1.82, 2.24) is 16.0 Å². The summed E-state index contributed by atoms with van der Waals surface area (Å²) < 4.78 is 16.5. The Morgan fingerprint density at radius 1 is 1.00 bits per heavy atom. The van der Waals surface area contributed by atoms with Crippen LogP contribution < -0.4 is 21.7 Å². The van der Waals surface area contributed by atoms with E-state index in [2.05, 4.69) is 16.0 Å². The van der Waals surface area contributed by atoms with Crippen LogP contribution in [0.4, 0.5) is 0 Å². The lowest BCUT2D eigenvalue weighted by molar-refractivity contribution is -0.310. The Balaban J connectivity index is 1.94. The van der Waals surface area contributed by atoms with Crippen LogP contribution >= 0.6 is 11.6 Å². The number of aliphatic hydroxyl groups excluding tert-OH is 4. The summed E-state index contributed by atoms with van der Waals surface area (Å²) in [6.07, 6.45) is -5.09. The van der Waals surface area contributed by atoms with Gasteiger partial charge in [0.25, 0.3) is 5.79 Å². The quantitative estimate of drug-likeness (QED) is 0.0609. The molecule has 16 nitrogen and oxygen atoms in total. The number of carboxylic acids is 1. The number of carbonyl (C=O) groups excluding carboxylic acids is 3. The van der Waals surface area contributed by atoms with Crippen molar-refractivity contribution in [3.8, 4) is 0 Å². The number of aliphatic hydroxyl groups is 4. The molecule has 2 rings (SSSR count). The van der Waals surface area contributed by atoms with Crippen molar-refractivity contribution in [2.75, 3.05) is 46.1 Å². The zero-order valence-electron chi connectivity index (χ0n) is 26.1. The van der Waals surface area contributed by atoms with Crippen molar-refractivity contribution < 1.29 is 58.9 Å². The number of amides is 3. The maximum absolute atomic E-state index is 12.4. The zero-order valence-corrected chi connectivity index (χ0v) is 26.9. The third kappa shape index (κ3) is 14.0. The van der Waals surface area contributed by atoms with Gasteiger partial charge in [0.05, 0.1) is 44.5 Å². The van der Waals surface area contributed by atoms with E-state index in [0.29, 0.717) is 56.0 Å². The molecule has 0 saturated carbocycles. The maximum Gasteiger partial charge on any atom is 0.364 e. The fraction of sp³-hybridized carbons (Fsp3) is 0.667. The minimum absolute atomic E-state index is 0.0521. The number of rotatable bonds is 22. The second-order valence-electron chi connectivity index (χ2n) is 11.1. The number of nitrogens with one attached hydrogen (secondary N) is 3. The summed E-state index contributed by atoms with van der Waals surface area (Å²) in [6, 6.07) is 5.07. The second-order valence-corrected chi connectivity index (χ2v) is 11.5. The molecule has 6 atom stereocenters. The molecule has 1 aromatic carbocycles. The Morgan fingerprint density at radius 2 is 1.70 bits per heavy atom. The van der Waals surface area contributed by atoms with E-state index >= 15 is 0 Å². The van der Waals surface area contributed by atoms with Crippen molar-refractivity contribution in [2.24, 2.45) is 5.73 Å². The van der Waals surface area contributed by atoms with Gasteiger partial charge in [0.15, 0.2) is 0 Å². The van der Waals surface area contributed by atoms with Crippen molar-refractivity contribution in [3.63, 3.8) is 0 Å². The van der Waals surface area contributed by atoms with E-state index in [1.54, 1.807) is 24.3 Å². The van der Waals surface area contributed by atoms with Crippen LogP contribution in [0.1, 0.15) is 44.1 Å². The van der Waals surface area contributed by atoms with Gasteiger partial charge in [-0.25, -0.2) is 4.79 Å². The molecular formula is C30H47ClN4O12. The van der Waals surface area contributed by atoms with Gasteiger partial charge in [-0.15, -0.1) is 0 Å². The first-order valence-electron chi connectivity index (χ1n) is 15.5. The van der Waals surface area contributed by atoms with E-state index < -0.39 is 73.6 Å². The normalized spacial score (nSPS) is 22.2. The SMILES string of the molecule is NCCOCCC(=O)NCCCCCCO[C@]1(C(=O)O)C[C@H](O)[C@@H](NC(=O)CO)[C@H]([C@H](O)[C@H](O)CNC(=O)Cc2ccc(Cl)cc2)O1. The summed E-state index contributed by atoms with van der Waals surface area (Å²) >= 11 is 5.85. The van der Waals surface area contributed by atoms with E-state index in [0.717, 1.165) is 0 Å². The first-order valence-corrected chi connectivity index (χ1v) is 15.9. The smallest absolute Gasteiger partial charge is 0.364 e. The van der Waals surface area contributed by atoms with Crippen LogP contribution in [-0.2, 0) is 39.8 Å². The number of unbranched alkanes of at least 4 members (excludes halogenated alkanes) is 3. The molecule has 1 heterocycles. The van der Waals surface area contributed by atoms with Gasteiger partial charge in [0, 0.05) is 37.5 Å². The molecule has 0 unspecified atom stereocenters.